The van der Waals surface area contributed by atoms with Gasteiger partial charge in [0.2, 0.25) is 0 Å². The van der Waals surface area contributed by atoms with E-state index in [1.807, 2.05) is 54.9 Å². The minimum atomic E-state index is -0.159. The lowest BCUT2D eigenvalue weighted by atomic mass is 10.0. The van der Waals surface area contributed by atoms with Crippen LogP contribution in [-0.4, -0.2) is 17.4 Å². The Morgan fingerprint density at radius 2 is 1.97 bits per heavy atom. The van der Waals surface area contributed by atoms with Crippen molar-refractivity contribution in [2.24, 2.45) is 0 Å². The number of aromatic nitrogens is 1. The van der Waals surface area contributed by atoms with Gasteiger partial charge in [0, 0.05) is 46.8 Å². The van der Waals surface area contributed by atoms with Crippen molar-refractivity contribution in [2.75, 3.05) is 17.2 Å². The molecule has 1 aliphatic rings. The minimum Gasteiger partial charge on any atom is -0.489 e. The number of nitrogens with zero attached hydrogens (tertiary/aromatic N) is 1. The number of pyridine rings is 1. The van der Waals surface area contributed by atoms with E-state index >= 15 is 0 Å². The molecule has 0 saturated carbocycles. The Morgan fingerprint density at radius 1 is 1.03 bits per heavy atom. The fourth-order valence-electron chi connectivity index (χ4n) is 3.92. The van der Waals surface area contributed by atoms with Gasteiger partial charge in [-0.25, -0.2) is 0 Å². The molecule has 0 spiro atoms. The average molecular weight is 409 g/mol. The molecule has 5 nitrogen and oxygen atoms in total. The third-order valence-corrected chi connectivity index (χ3v) is 5.55. The first-order chi connectivity index (χ1) is 15.3. The zero-order valence-electron chi connectivity index (χ0n) is 17.1. The second-order valence-corrected chi connectivity index (χ2v) is 7.69. The van der Waals surface area contributed by atoms with Crippen molar-refractivity contribution >= 4 is 28.1 Å². The maximum Gasteiger partial charge on any atom is 0.255 e. The van der Waals surface area contributed by atoms with Crippen LogP contribution in [0.5, 0.6) is 5.75 Å². The lowest BCUT2D eigenvalue weighted by Gasteiger charge is -2.19. The van der Waals surface area contributed by atoms with Gasteiger partial charge in [-0.1, -0.05) is 36.4 Å². The molecule has 3 aromatic carbocycles. The molecule has 0 radical (unpaired) electrons. The molecule has 0 bridgehead atoms. The van der Waals surface area contributed by atoms with Crippen LogP contribution in [0.1, 0.15) is 27.9 Å². The Morgan fingerprint density at radius 3 is 2.94 bits per heavy atom. The SMILES string of the molecule is O=C(Nc1ccc2c(c1)NCCC2)c1cccc(OCc2cncc3ccccc23)c1. The maximum absolute atomic E-state index is 12.8. The van der Waals surface area contributed by atoms with Crippen LogP contribution in [0.3, 0.4) is 0 Å². The van der Waals surface area contributed by atoms with E-state index in [4.69, 9.17) is 4.74 Å². The Hall–Kier alpha value is -3.86. The number of carbonyl (C=O) groups is 1. The molecule has 31 heavy (non-hydrogen) atoms. The third-order valence-electron chi connectivity index (χ3n) is 5.55. The van der Waals surface area contributed by atoms with Crippen molar-refractivity contribution in [3.8, 4) is 5.75 Å². The summed E-state index contributed by atoms with van der Waals surface area (Å²) in [6.07, 6.45) is 5.88. The van der Waals surface area contributed by atoms with Crippen molar-refractivity contribution in [2.45, 2.75) is 19.4 Å². The van der Waals surface area contributed by atoms with E-state index < -0.39 is 0 Å². The van der Waals surface area contributed by atoms with Gasteiger partial charge in [0.15, 0.2) is 0 Å². The Bertz CT molecular complexity index is 1250. The summed E-state index contributed by atoms with van der Waals surface area (Å²) in [4.78, 5) is 17.1. The topological polar surface area (TPSA) is 63.2 Å². The van der Waals surface area contributed by atoms with E-state index in [2.05, 4.69) is 27.8 Å². The summed E-state index contributed by atoms with van der Waals surface area (Å²) in [5.74, 6) is 0.487. The molecule has 154 valence electrons. The molecule has 5 rings (SSSR count). The number of carbonyl (C=O) groups excluding carboxylic acids is 1. The zero-order valence-corrected chi connectivity index (χ0v) is 17.1. The van der Waals surface area contributed by atoms with Gasteiger partial charge in [-0.2, -0.15) is 0 Å². The van der Waals surface area contributed by atoms with Crippen molar-refractivity contribution in [3.05, 3.63) is 95.8 Å². The molecule has 0 fully saturated rings. The quantitative estimate of drug-likeness (QED) is 0.462. The summed E-state index contributed by atoms with van der Waals surface area (Å²) >= 11 is 0. The summed E-state index contributed by atoms with van der Waals surface area (Å²) in [7, 11) is 0. The molecular formula is C26H23N3O2. The standard InChI is InChI=1S/C26H23N3O2/c30-26(29-22-11-10-18-7-4-12-28-25(18)14-22)19-6-3-8-23(13-19)31-17-21-16-27-15-20-5-1-2-9-24(20)21/h1-3,5-6,8-11,13-16,28H,4,7,12,17H2,(H,29,30). The lowest BCUT2D eigenvalue weighted by molar-refractivity contribution is 0.102. The van der Waals surface area contributed by atoms with Crippen molar-refractivity contribution in [1.82, 2.24) is 4.98 Å². The Balaban J connectivity index is 1.29. The van der Waals surface area contributed by atoms with E-state index in [1.54, 1.807) is 12.1 Å². The van der Waals surface area contributed by atoms with Crippen LogP contribution in [0.25, 0.3) is 10.8 Å². The number of anilines is 2. The summed E-state index contributed by atoms with van der Waals surface area (Å²) in [6, 6.07) is 21.4. The van der Waals surface area contributed by atoms with Crippen LogP contribution in [0.2, 0.25) is 0 Å². The monoisotopic (exact) mass is 409 g/mol. The second-order valence-electron chi connectivity index (χ2n) is 7.69. The third kappa shape index (κ3) is 4.21. The summed E-state index contributed by atoms with van der Waals surface area (Å²) in [5, 5.41) is 8.58. The molecule has 0 aliphatic carbocycles. The zero-order chi connectivity index (χ0) is 21.0. The van der Waals surface area contributed by atoms with Crippen LogP contribution in [0.15, 0.2) is 79.1 Å². The molecule has 5 heteroatoms. The highest BCUT2D eigenvalue weighted by Crippen LogP contribution is 2.26. The van der Waals surface area contributed by atoms with E-state index in [0.29, 0.717) is 17.9 Å². The number of nitrogens with one attached hydrogen (secondary N) is 2. The van der Waals surface area contributed by atoms with Gasteiger partial charge in [-0.05, 0) is 54.1 Å². The van der Waals surface area contributed by atoms with E-state index in [-0.39, 0.29) is 5.91 Å². The second kappa shape index (κ2) is 8.48. The highest BCUT2D eigenvalue weighted by atomic mass is 16.5. The molecule has 1 aliphatic heterocycles. The van der Waals surface area contributed by atoms with Gasteiger partial charge in [-0.15, -0.1) is 0 Å². The van der Waals surface area contributed by atoms with E-state index in [9.17, 15) is 4.79 Å². The number of aryl methyl sites for hydroxylation is 1. The molecular weight excluding hydrogens is 386 g/mol. The highest BCUT2D eigenvalue weighted by molar-refractivity contribution is 6.04. The number of hydrogen-bond acceptors (Lipinski definition) is 4. The number of rotatable bonds is 5. The van der Waals surface area contributed by atoms with E-state index in [1.165, 1.54) is 5.56 Å². The first-order valence-electron chi connectivity index (χ1n) is 10.5. The predicted molar refractivity (Wildman–Crippen MR) is 124 cm³/mol. The van der Waals surface area contributed by atoms with Crippen LogP contribution in [0, 0.1) is 0 Å². The number of benzene rings is 3. The lowest BCUT2D eigenvalue weighted by Crippen LogP contribution is -2.14. The number of hydrogen-bond donors (Lipinski definition) is 2. The average Bonchev–Trinajstić information content (AvgIpc) is 2.83. The van der Waals surface area contributed by atoms with Gasteiger partial charge in [0.05, 0.1) is 0 Å². The smallest absolute Gasteiger partial charge is 0.255 e. The normalized spacial score (nSPS) is 12.6. The van der Waals surface area contributed by atoms with Crippen molar-refractivity contribution in [1.29, 1.82) is 0 Å². The summed E-state index contributed by atoms with van der Waals surface area (Å²) in [5.41, 5.74) is 4.74. The van der Waals surface area contributed by atoms with Crippen molar-refractivity contribution < 1.29 is 9.53 Å². The largest absolute Gasteiger partial charge is 0.489 e. The molecule has 0 saturated heterocycles. The van der Waals surface area contributed by atoms with Gasteiger partial charge < -0.3 is 15.4 Å². The van der Waals surface area contributed by atoms with Crippen LogP contribution >= 0.6 is 0 Å². The first-order valence-corrected chi connectivity index (χ1v) is 10.5. The molecule has 1 amide bonds. The molecule has 2 heterocycles. The maximum atomic E-state index is 12.8. The highest BCUT2D eigenvalue weighted by Gasteiger charge is 2.12. The van der Waals surface area contributed by atoms with Crippen molar-refractivity contribution in [3.63, 3.8) is 0 Å². The summed E-state index contributed by atoms with van der Waals surface area (Å²) < 4.78 is 5.99. The molecule has 0 unspecified atom stereocenters. The number of amides is 1. The van der Waals surface area contributed by atoms with Crippen LogP contribution < -0.4 is 15.4 Å². The van der Waals surface area contributed by atoms with Gasteiger partial charge in [0.1, 0.15) is 12.4 Å². The first kappa shape index (κ1) is 19.1. The van der Waals surface area contributed by atoms with Gasteiger partial charge in [-0.3, -0.25) is 9.78 Å². The number of fused-ring (bicyclic) bond motifs is 2. The molecule has 1 aromatic heterocycles. The minimum absolute atomic E-state index is 0.159. The van der Waals surface area contributed by atoms with Crippen LogP contribution in [0.4, 0.5) is 11.4 Å². The Labute approximate surface area is 181 Å². The van der Waals surface area contributed by atoms with Gasteiger partial charge in [0.25, 0.3) is 5.91 Å². The predicted octanol–water partition coefficient (Wildman–Crippen LogP) is 5.42. The molecule has 4 aromatic rings. The summed E-state index contributed by atoms with van der Waals surface area (Å²) in [6.45, 7) is 1.35. The fraction of sp³-hybridized carbons (Fsp3) is 0.154. The fourth-order valence-corrected chi connectivity index (χ4v) is 3.92. The van der Waals surface area contributed by atoms with Crippen LogP contribution in [-0.2, 0) is 13.0 Å². The molecule has 0 atom stereocenters. The number of ether oxygens (including phenoxy) is 1. The Kier molecular flexibility index (Phi) is 5.23. The van der Waals surface area contributed by atoms with E-state index in [0.717, 1.165) is 47.1 Å². The molecule has 2 N–H and O–H groups in total. The van der Waals surface area contributed by atoms with Gasteiger partial charge >= 0.3 is 0 Å².